The van der Waals surface area contributed by atoms with Gasteiger partial charge in [0.15, 0.2) is 0 Å². The summed E-state index contributed by atoms with van der Waals surface area (Å²) in [7, 11) is 0. The van der Waals surface area contributed by atoms with Gasteiger partial charge in [-0.3, -0.25) is 19.7 Å². The van der Waals surface area contributed by atoms with Crippen molar-refractivity contribution in [2.24, 2.45) is 0 Å². The Kier molecular flexibility index (Phi) is 6.30. The molecular formula is C23H24N2O5. The monoisotopic (exact) mass is 408 g/mol. The number of hydrogen-bond acceptors (Lipinski definition) is 5. The van der Waals surface area contributed by atoms with E-state index in [0.717, 1.165) is 30.4 Å². The number of nitrogens with zero attached hydrogens (tertiary/aromatic N) is 2. The fourth-order valence-corrected chi connectivity index (χ4v) is 3.62. The van der Waals surface area contributed by atoms with Crippen LogP contribution in [0.25, 0.3) is 5.76 Å². The van der Waals surface area contributed by atoms with Crippen LogP contribution in [0.4, 0.5) is 5.69 Å². The fourth-order valence-electron chi connectivity index (χ4n) is 3.62. The molecule has 1 aliphatic rings. The zero-order valence-corrected chi connectivity index (χ0v) is 17.0. The van der Waals surface area contributed by atoms with Gasteiger partial charge in [0.2, 0.25) is 0 Å². The molecule has 0 aliphatic carbocycles. The Hall–Kier alpha value is -3.48. The summed E-state index contributed by atoms with van der Waals surface area (Å²) in [6.45, 7) is 4.44. The number of carbonyl (C=O) groups is 2. The standard InChI is InChI=1S/C23H24N2O5/c1-3-5-14-24-20(16-8-6-15(4-2)7-9-16)19(22(27)23(24)28)21(26)17-10-12-18(13-11-17)25(29)30/h6-13,20,26H,3-5,14H2,1-2H3/b21-19-. The lowest BCUT2D eigenvalue weighted by Gasteiger charge is -2.25. The summed E-state index contributed by atoms with van der Waals surface area (Å²) in [5.41, 5.74) is 2.01. The summed E-state index contributed by atoms with van der Waals surface area (Å²) >= 11 is 0. The number of ketones is 1. The van der Waals surface area contributed by atoms with E-state index in [1.54, 1.807) is 0 Å². The van der Waals surface area contributed by atoms with Gasteiger partial charge in [0.25, 0.3) is 17.4 Å². The third kappa shape index (κ3) is 3.96. The summed E-state index contributed by atoms with van der Waals surface area (Å²) in [4.78, 5) is 37.5. The van der Waals surface area contributed by atoms with Crippen molar-refractivity contribution < 1.29 is 19.6 Å². The van der Waals surface area contributed by atoms with Crippen LogP contribution in [0.15, 0.2) is 54.1 Å². The predicted octanol–water partition coefficient (Wildman–Crippen LogP) is 4.38. The van der Waals surface area contributed by atoms with E-state index in [2.05, 4.69) is 0 Å². The molecule has 0 bridgehead atoms. The SMILES string of the molecule is CCCCN1C(=O)C(=O)/C(=C(\O)c2ccc([N+](=O)[O-])cc2)C1c1ccc(CC)cc1. The Morgan fingerprint density at radius 3 is 2.23 bits per heavy atom. The highest BCUT2D eigenvalue weighted by atomic mass is 16.6. The predicted molar refractivity (Wildman–Crippen MR) is 113 cm³/mol. The van der Waals surface area contributed by atoms with Crippen molar-refractivity contribution >= 4 is 23.1 Å². The first-order valence-electron chi connectivity index (χ1n) is 10.0. The van der Waals surface area contributed by atoms with Crippen LogP contribution in [-0.4, -0.2) is 33.2 Å². The first-order valence-corrected chi connectivity index (χ1v) is 10.0. The van der Waals surface area contributed by atoms with Crippen molar-refractivity contribution in [2.75, 3.05) is 6.54 Å². The highest BCUT2D eigenvalue weighted by molar-refractivity contribution is 6.46. The molecule has 2 aromatic carbocycles. The summed E-state index contributed by atoms with van der Waals surface area (Å²) < 4.78 is 0. The highest BCUT2D eigenvalue weighted by Gasteiger charge is 2.45. The Bertz CT molecular complexity index is 993. The van der Waals surface area contributed by atoms with Gasteiger partial charge < -0.3 is 10.0 Å². The number of carbonyl (C=O) groups excluding carboxylic acids is 2. The number of aliphatic hydroxyl groups is 1. The molecule has 1 fully saturated rings. The molecule has 30 heavy (non-hydrogen) atoms. The van der Waals surface area contributed by atoms with Gasteiger partial charge in [-0.05, 0) is 36.1 Å². The maximum absolute atomic E-state index is 12.9. The summed E-state index contributed by atoms with van der Waals surface area (Å²) in [6, 6.07) is 12.2. The summed E-state index contributed by atoms with van der Waals surface area (Å²) in [5, 5.41) is 21.8. The number of aryl methyl sites for hydroxylation is 1. The number of non-ortho nitro benzene ring substituents is 1. The van der Waals surface area contributed by atoms with Gasteiger partial charge in [0.05, 0.1) is 16.5 Å². The second kappa shape index (κ2) is 8.90. The maximum Gasteiger partial charge on any atom is 0.295 e. The molecule has 1 aliphatic heterocycles. The molecule has 1 saturated heterocycles. The lowest BCUT2D eigenvalue weighted by molar-refractivity contribution is -0.384. The molecule has 0 saturated carbocycles. The number of likely N-dealkylation sites (tertiary alicyclic amines) is 1. The number of aliphatic hydroxyl groups excluding tert-OH is 1. The summed E-state index contributed by atoms with van der Waals surface area (Å²) in [6.07, 6.45) is 2.44. The number of nitro benzene ring substituents is 1. The van der Waals surface area contributed by atoms with Crippen LogP contribution in [0.5, 0.6) is 0 Å². The van der Waals surface area contributed by atoms with Crippen LogP contribution >= 0.6 is 0 Å². The molecule has 1 N–H and O–H groups in total. The van der Waals surface area contributed by atoms with E-state index in [4.69, 9.17) is 0 Å². The molecule has 7 nitrogen and oxygen atoms in total. The molecule has 1 heterocycles. The van der Waals surface area contributed by atoms with Crippen molar-refractivity contribution in [3.8, 4) is 0 Å². The molecular weight excluding hydrogens is 384 g/mol. The van der Waals surface area contributed by atoms with Crippen molar-refractivity contribution in [1.82, 2.24) is 4.90 Å². The third-order valence-electron chi connectivity index (χ3n) is 5.35. The molecule has 0 radical (unpaired) electrons. The smallest absolute Gasteiger partial charge is 0.295 e. The molecule has 3 rings (SSSR count). The first-order chi connectivity index (χ1) is 14.4. The molecule has 2 aromatic rings. The minimum atomic E-state index is -0.744. The minimum absolute atomic E-state index is 0.00852. The van der Waals surface area contributed by atoms with E-state index in [9.17, 15) is 24.8 Å². The number of rotatable bonds is 7. The van der Waals surface area contributed by atoms with Crippen molar-refractivity contribution in [1.29, 1.82) is 0 Å². The van der Waals surface area contributed by atoms with E-state index in [-0.39, 0.29) is 22.6 Å². The minimum Gasteiger partial charge on any atom is -0.507 e. The van der Waals surface area contributed by atoms with Gasteiger partial charge >= 0.3 is 0 Å². The molecule has 7 heteroatoms. The first kappa shape index (κ1) is 21.2. The van der Waals surface area contributed by atoms with E-state index < -0.39 is 22.7 Å². The molecule has 0 aromatic heterocycles. The van der Waals surface area contributed by atoms with Gasteiger partial charge in [-0.15, -0.1) is 0 Å². The van der Waals surface area contributed by atoms with Crippen LogP contribution in [0, 0.1) is 10.1 Å². The number of nitro groups is 1. The largest absolute Gasteiger partial charge is 0.507 e. The molecule has 156 valence electrons. The van der Waals surface area contributed by atoms with E-state index in [1.807, 2.05) is 38.1 Å². The van der Waals surface area contributed by atoms with Gasteiger partial charge in [-0.2, -0.15) is 0 Å². The maximum atomic E-state index is 12.9. The fraction of sp³-hybridized carbons (Fsp3) is 0.304. The lowest BCUT2D eigenvalue weighted by Crippen LogP contribution is -2.30. The van der Waals surface area contributed by atoms with Crippen molar-refractivity contribution in [3.05, 3.63) is 80.9 Å². The van der Waals surface area contributed by atoms with Crippen LogP contribution in [0.3, 0.4) is 0 Å². The second-order valence-electron chi connectivity index (χ2n) is 7.25. The molecule has 1 unspecified atom stereocenters. The van der Waals surface area contributed by atoms with Crippen LogP contribution in [0.2, 0.25) is 0 Å². The average molecular weight is 408 g/mol. The van der Waals surface area contributed by atoms with Crippen LogP contribution in [-0.2, 0) is 16.0 Å². The molecule has 1 amide bonds. The number of Topliss-reactive ketones (excluding diaryl/α,β-unsaturated/α-hetero) is 1. The second-order valence-corrected chi connectivity index (χ2v) is 7.25. The average Bonchev–Trinajstić information content (AvgIpc) is 3.02. The number of unbranched alkanes of at least 4 members (excludes halogenated alkanes) is 1. The number of amides is 1. The normalized spacial score (nSPS) is 18.1. The van der Waals surface area contributed by atoms with Crippen molar-refractivity contribution in [2.45, 2.75) is 39.2 Å². The van der Waals surface area contributed by atoms with E-state index in [0.29, 0.717) is 6.54 Å². The number of benzene rings is 2. The van der Waals surface area contributed by atoms with Gasteiger partial charge in [-0.25, -0.2) is 0 Å². The van der Waals surface area contributed by atoms with Crippen molar-refractivity contribution in [3.63, 3.8) is 0 Å². The van der Waals surface area contributed by atoms with E-state index >= 15 is 0 Å². The van der Waals surface area contributed by atoms with Gasteiger partial charge in [0, 0.05) is 24.2 Å². The van der Waals surface area contributed by atoms with Gasteiger partial charge in [-0.1, -0.05) is 44.5 Å². The Morgan fingerprint density at radius 2 is 1.70 bits per heavy atom. The lowest BCUT2D eigenvalue weighted by atomic mass is 9.94. The Labute approximate surface area is 174 Å². The topological polar surface area (TPSA) is 101 Å². The number of hydrogen-bond donors (Lipinski definition) is 1. The molecule has 0 spiro atoms. The Balaban J connectivity index is 2.12. The van der Waals surface area contributed by atoms with Crippen LogP contribution in [0.1, 0.15) is 49.4 Å². The van der Waals surface area contributed by atoms with Gasteiger partial charge in [0.1, 0.15) is 5.76 Å². The highest BCUT2D eigenvalue weighted by Crippen LogP contribution is 2.39. The molecule has 1 atom stereocenters. The Morgan fingerprint density at radius 1 is 1.07 bits per heavy atom. The quantitative estimate of drug-likeness (QED) is 0.241. The zero-order valence-electron chi connectivity index (χ0n) is 17.0. The zero-order chi connectivity index (χ0) is 21.8. The third-order valence-corrected chi connectivity index (χ3v) is 5.35. The summed E-state index contributed by atoms with van der Waals surface area (Å²) in [5.74, 6) is -1.71. The van der Waals surface area contributed by atoms with Crippen LogP contribution < -0.4 is 0 Å². The van der Waals surface area contributed by atoms with E-state index in [1.165, 1.54) is 29.2 Å².